The molecule has 0 heterocycles. The molecule has 0 bridgehead atoms. The van der Waals surface area contributed by atoms with Crippen molar-refractivity contribution in [3.05, 3.63) is 29.3 Å². The minimum atomic E-state index is -0.694. The Hall–Kier alpha value is -1.56. The van der Waals surface area contributed by atoms with Gasteiger partial charge in [-0.15, -0.1) is 0 Å². The molecule has 0 fully saturated rings. The van der Waals surface area contributed by atoms with Crippen LogP contribution in [0.25, 0.3) is 0 Å². The molecule has 0 aliphatic rings. The first-order valence-electron chi connectivity index (χ1n) is 5.15. The largest absolute Gasteiger partial charge is 0.462 e. The average molecular weight is 316 g/mol. The second kappa shape index (κ2) is 7.00. The lowest BCUT2D eigenvalue weighted by Gasteiger charge is -2.10. The van der Waals surface area contributed by atoms with Crippen LogP contribution in [0.4, 0.5) is 0 Å². The standard InChI is InChI=1S/C12H14BrNO4/c1-8-4-5-9(7-13)6-10(8)18-11(14-17-3)12(15)16-2/h4-6H,7H2,1-3H3/b14-11+. The van der Waals surface area contributed by atoms with Gasteiger partial charge in [-0.2, -0.15) is 0 Å². The summed E-state index contributed by atoms with van der Waals surface area (Å²) in [5.74, 6) is -0.400. The molecule has 0 N–H and O–H groups in total. The maximum atomic E-state index is 11.4. The molecule has 18 heavy (non-hydrogen) atoms. The van der Waals surface area contributed by atoms with Gasteiger partial charge in [0.2, 0.25) is 0 Å². The van der Waals surface area contributed by atoms with Crippen LogP contribution in [0.5, 0.6) is 5.75 Å². The second-order valence-electron chi connectivity index (χ2n) is 3.41. The van der Waals surface area contributed by atoms with Gasteiger partial charge in [0, 0.05) is 5.33 Å². The molecule has 1 aromatic rings. The van der Waals surface area contributed by atoms with Crippen molar-refractivity contribution in [3.8, 4) is 5.75 Å². The van der Waals surface area contributed by atoms with E-state index >= 15 is 0 Å². The first-order chi connectivity index (χ1) is 8.62. The summed E-state index contributed by atoms with van der Waals surface area (Å²) in [4.78, 5) is 16.0. The van der Waals surface area contributed by atoms with Gasteiger partial charge in [0.05, 0.1) is 7.11 Å². The Morgan fingerprint density at radius 2 is 2.11 bits per heavy atom. The van der Waals surface area contributed by atoms with Gasteiger partial charge in [0.1, 0.15) is 12.9 Å². The van der Waals surface area contributed by atoms with Crippen molar-refractivity contribution in [2.24, 2.45) is 5.16 Å². The van der Waals surface area contributed by atoms with Gasteiger partial charge in [-0.05, 0) is 29.3 Å². The SMILES string of the molecule is CO/N=C(/Oc1cc(CBr)ccc1C)C(=O)OC. The quantitative estimate of drug-likeness (QED) is 0.282. The molecule has 1 rings (SSSR count). The lowest BCUT2D eigenvalue weighted by atomic mass is 10.1. The fourth-order valence-electron chi connectivity index (χ4n) is 1.21. The third-order valence-electron chi connectivity index (χ3n) is 2.15. The van der Waals surface area contributed by atoms with E-state index in [1.54, 1.807) is 0 Å². The molecular formula is C12H14BrNO4. The normalized spacial score (nSPS) is 11.0. The number of alkyl halides is 1. The van der Waals surface area contributed by atoms with E-state index in [0.29, 0.717) is 11.1 Å². The molecule has 0 aliphatic carbocycles. The van der Waals surface area contributed by atoms with Crippen molar-refractivity contribution in [2.45, 2.75) is 12.3 Å². The number of halogens is 1. The number of hydrogen-bond donors (Lipinski definition) is 0. The summed E-state index contributed by atoms with van der Waals surface area (Å²) < 4.78 is 9.96. The first kappa shape index (κ1) is 14.5. The summed E-state index contributed by atoms with van der Waals surface area (Å²) in [6.07, 6.45) is 0. The van der Waals surface area contributed by atoms with Crippen LogP contribution < -0.4 is 4.74 Å². The summed E-state index contributed by atoms with van der Waals surface area (Å²) in [5.41, 5.74) is 1.91. The van der Waals surface area contributed by atoms with Gasteiger partial charge in [-0.1, -0.05) is 28.1 Å². The minimum absolute atomic E-state index is 0.241. The smallest absolute Gasteiger partial charge is 0.397 e. The van der Waals surface area contributed by atoms with Crippen molar-refractivity contribution >= 4 is 27.8 Å². The molecule has 5 nitrogen and oxygen atoms in total. The number of carbonyl (C=O) groups excluding carboxylic acids is 1. The molecule has 0 unspecified atom stereocenters. The van der Waals surface area contributed by atoms with Crippen LogP contribution in [0.3, 0.4) is 0 Å². The highest BCUT2D eigenvalue weighted by Crippen LogP contribution is 2.21. The highest BCUT2D eigenvalue weighted by molar-refractivity contribution is 9.08. The van der Waals surface area contributed by atoms with Crippen molar-refractivity contribution in [3.63, 3.8) is 0 Å². The Balaban J connectivity index is 3.00. The molecule has 0 saturated carbocycles. The zero-order valence-electron chi connectivity index (χ0n) is 10.4. The van der Waals surface area contributed by atoms with Crippen LogP contribution in [-0.4, -0.2) is 26.1 Å². The fraction of sp³-hybridized carbons (Fsp3) is 0.333. The Kier molecular flexibility index (Phi) is 5.64. The molecule has 98 valence electrons. The Morgan fingerprint density at radius 1 is 1.39 bits per heavy atom. The average Bonchev–Trinajstić information content (AvgIpc) is 2.39. The molecule has 6 heteroatoms. The van der Waals surface area contributed by atoms with E-state index in [0.717, 1.165) is 11.1 Å². The molecule has 0 aromatic heterocycles. The number of esters is 1. The second-order valence-corrected chi connectivity index (χ2v) is 3.97. The Morgan fingerprint density at radius 3 is 2.67 bits per heavy atom. The van der Waals surface area contributed by atoms with Gasteiger partial charge in [-0.25, -0.2) is 4.79 Å². The number of benzene rings is 1. The first-order valence-corrected chi connectivity index (χ1v) is 6.27. The number of nitrogens with zero attached hydrogens (tertiary/aromatic N) is 1. The third kappa shape index (κ3) is 3.73. The zero-order chi connectivity index (χ0) is 13.5. The van der Waals surface area contributed by atoms with E-state index in [2.05, 4.69) is 30.7 Å². The maximum Gasteiger partial charge on any atom is 0.397 e. The molecule has 0 radical (unpaired) electrons. The van der Waals surface area contributed by atoms with Crippen molar-refractivity contribution in [2.75, 3.05) is 14.2 Å². The van der Waals surface area contributed by atoms with Gasteiger partial charge in [-0.3, -0.25) is 0 Å². The summed E-state index contributed by atoms with van der Waals surface area (Å²) >= 11 is 3.35. The lowest BCUT2D eigenvalue weighted by molar-refractivity contribution is -0.134. The van der Waals surface area contributed by atoms with Gasteiger partial charge >= 0.3 is 11.9 Å². The molecular weight excluding hydrogens is 302 g/mol. The predicted molar refractivity (Wildman–Crippen MR) is 70.9 cm³/mol. The molecule has 0 amide bonds. The van der Waals surface area contributed by atoms with E-state index in [9.17, 15) is 4.79 Å². The Bertz CT molecular complexity index is 459. The number of hydrogen-bond acceptors (Lipinski definition) is 5. The Labute approximate surface area is 114 Å². The predicted octanol–water partition coefficient (Wildman–Crippen LogP) is 2.40. The van der Waals surface area contributed by atoms with Gasteiger partial charge < -0.3 is 14.3 Å². The van der Waals surface area contributed by atoms with E-state index in [1.165, 1.54) is 14.2 Å². The molecule has 1 aromatic carbocycles. The highest BCUT2D eigenvalue weighted by Gasteiger charge is 2.17. The van der Waals surface area contributed by atoms with E-state index < -0.39 is 5.97 Å². The van der Waals surface area contributed by atoms with E-state index in [-0.39, 0.29) is 5.90 Å². The van der Waals surface area contributed by atoms with Crippen LogP contribution in [0.1, 0.15) is 11.1 Å². The number of aryl methyl sites for hydroxylation is 1. The highest BCUT2D eigenvalue weighted by atomic mass is 79.9. The molecule has 0 spiro atoms. The summed E-state index contributed by atoms with van der Waals surface area (Å²) in [7, 11) is 2.58. The van der Waals surface area contributed by atoms with Crippen LogP contribution in [0.2, 0.25) is 0 Å². The van der Waals surface area contributed by atoms with Crippen LogP contribution in [-0.2, 0) is 19.7 Å². The molecule has 0 aliphatic heterocycles. The van der Waals surface area contributed by atoms with Crippen molar-refractivity contribution in [1.82, 2.24) is 0 Å². The van der Waals surface area contributed by atoms with Crippen LogP contribution >= 0.6 is 15.9 Å². The number of methoxy groups -OCH3 is 1. The fourth-order valence-corrected chi connectivity index (χ4v) is 1.56. The lowest BCUT2D eigenvalue weighted by Crippen LogP contribution is -2.23. The van der Waals surface area contributed by atoms with Gasteiger partial charge in [0.25, 0.3) is 0 Å². The zero-order valence-corrected chi connectivity index (χ0v) is 12.0. The van der Waals surface area contributed by atoms with E-state index in [1.807, 2.05) is 25.1 Å². The number of ether oxygens (including phenoxy) is 2. The summed E-state index contributed by atoms with van der Waals surface area (Å²) in [6.45, 7) is 1.87. The number of rotatable bonds is 3. The minimum Gasteiger partial charge on any atom is -0.462 e. The summed E-state index contributed by atoms with van der Waals surface area (Å²) in [5, 5.41) is 4.19. The van der Waals surface area contributed by atoms with E-state index in [4.69, 9.17) is 4.74 Å². The van der Waals surface area contributed by atoms with Crippen molar-refractivity contribution in [1.29, 1.82) is 0 Å². The van der Waals surface area contributed by atoms with Crippen LogP contribution in [0, 0.1) is 6.92 Å². The summed E-state index contributed by atoms with van der Waals surface area (Å²) in [6, 6.07) is 5.67. The van der Waals surface area contributed by atoms with Crippen LogP contribution in [0.15, 0.2) is 23.4 Å². The monoisotopic (exact) mass is 315 g/mol. The van der Waals surface area contributed by atoms with Crippen molar-refractivity contribution < 1.29 is 19.1 Å². The van der Waals surface area contributed by atoms with Gasteiger partial charge in [0.15, 0.2) is 0 Å². The maximum absolute atomic E-state index is 11.4. The number of oxime groups is 1. The topological polar surface area (TPSA) is 57.1 Å². The molecule has 0 atom stereocenters. The number of carbonyl (C=O) groups is 1. The molecule has 0 saturated heterocycles. The third-order valence-corrected chi connectivity index (χ3v) is 2.80.